The van der Waals surface area contributed by atoms with Crippen molar-refractivity contribution in [3.63, 3.8) is 0 Å². The Bertz CT molecular complexity index is 492. The van der Waals surface area contributed by atoms with Crippen LogP contribution in [0.5, 0.6) is 0 Å². The third-order valence-electron chi connectivity index (χ3n) is 3.31. The number of nitrogens with two attached hydrogens (primary N) is 1. The zero-order valence-electron chi connectivity index (χ0n) is 11.1. The summed E-state index contributed by atoms with van der Waals surface area (Å²) < 4.78 is 0. The van der Waals surface area contributed by atoms with E-state index < -0.39 is 4.92 Å². The molecule has 1 atom stereocenters. The SMILES string of the molecule is Cc1nc(NN)nc(N2CCCC(C)C2)c1[N+](=O)[O-]. The van der Waals surface area contributed by atoms with Crippen molar-refractivity contribution >= 4 is 17.5 Å². The monoisotopic (exact) mass is 266 g/mol. The van der Waals surface area contributed by atoms with Crippen LogP contribution < -0.4 is 16.2 Å². The lowest BCUT2D eigenvalue weighted by molar-refractivity contribution is -0.385. The minimum Gasteiger partial charge on any atom is -0.350 e. The lowest BCUT2D eigenvalue weighted by Crippen LogP contribution is -2.35. The van der Waals surface area contributed by atoms with Gasteiger partial charge in [0.2, 0.25) is 11.8 Å². The summed E-state index contributed by atoms with van der Waals surface area (Å²) in [5.41, 5.74) is 2.64. The average molecular weight is 266 g/mol. The average Bonchev–Trinajstić information content (AvgIpc) is 2.37. The smallest absolute Gasteiger partial charge is 0.332 e. The molecule has 8 heteroatoms. The first kappa shape index (κ1) is 13.5. The summed E-state index contributed by atoms with van der Waals surface area (Å²) in [7, 11) is 0. The summed E-state index contributed by atoms with van der Waals surface area (Å²) in [4.78, 5) is 20.9. The molecule has 3 N–H and O–H groups in total. The molecule has 0 radical (unpaired) electrons. The van der Waals surface area contributed by atoms with Crippen LogP contribution in [0.25, 0.3) is 0 Å². The molecule has 2 rings (SSSR count). The molecular weight excluding hydrogens is 248 g/mol. The van der Waals surface area contributed by atoms with Crippen LogP contribution in [-0.2, 0) is 0 Å². The molecule has 0 amide bonds. The van der Waals surface area contributed by atoms with E-state index in [4.69, 9.17) is 5.84 Å². The zero-order valence-corrected chi connectivity index (χ0v) is 11.1. The van der Waals surface area contributed by atoms with Crippen LogP contribution in [0.2, 0.25) is 0 Å². The van der Waals surface area contributed by atoms with Crippen LogP contribution in [0.3, 0.4) is 0 Å². The molecule has 19 heavy (non-hydrogen) atoms. The van der Waals surface area contributed by atoms with E-state index in [0.717, 1.165) is 25.9 Å². The van der Waals surface area contributed by atoms with Gasteiger partial charge in [0.05, 0.1) is 4.92 Å². The van der Waals surface area contributed by atoms with E-state index in [-0.39, 0.29) is 11.6 Å². The second-order valence-corrected chi connectivity index (χ2v) is 4.90. The minimum absolute atomic E-state index is 0.0342. The van der Waals surface area contributed by atoms with Crippen LogP contribution in [0.1, 0.15) is 25.5 Å². The molecular formula is C11H18N6O2. The van der Waals surface area contributed by atoms with Crippen molar-refractivity contribution in [2.75, 3.05) is 23.4 Å². The van der Waals surface area contributed by atoms with E-state index >= 15 is 0 Å². The molecule has 1 unspecified atom stereocenters. The van der Waals surface area contributed by atoms with Crippen molar-refractivity contribution < 1.29 is 4.92 Å². The highest BCUT2D eigenvalue weighted by atomic mass is 16.6. The van der Waals surface area contributed by atoms with Crippen LogP contribution in [-0.4, -0.2) is 28.0 Å². The molecule has 1 aromatic heterocycles. The van der Waals surface area contributed by atoms with Crippen molar-refractivity contribution in [2.45, 2.75) is 26.7 Å². The molecule has 0 aliphatic carbocycles. The highest BCUT2D eigenvalue weighted by molar-refractivity contribution is 5.62. The van der Waals surface area contributed by atoms with Gasteiger partial charge >= 0.3 is 5.69 Å². The van der Waals surface area contributed by atoms with Gasteiger partial charge < -0.3 is 4.90 Å². The Hall–Kier alpha value is -1.96. The van der Waals surface area contributed by atoms with Gasteiger partial charge in [0.15, 0.2) is 0 Å². The van der Waals surface area contributed by atoms with E-state index in [1.807, 2.05) is 4.90 Å². The number of hydrazine groups is 1. The summed E-state index contributed by atoms with van der Waals surface area (Å²) in [6.45, 7) is 5.26. The lowest BCUT2D eigenvalue weighted by Gasteiger charge is -2.31. The Balaban J connectivity index is 2.46. The first-order chi connectivity index (χ1) is 9.02. The van der Waals surface area contributed by atoms with Gasteiger partial charge in [-0.1, -0.05) is 6.92 Å². The maximum atomic E-state index is 11.2. The van der Waals surface area contributed by atoms with Crippen molar-refractivity contribution in [2.24, 2.45) is 11.8 Å². The summed E-state index contributed by atoms with van der Waals surface area (Å²) in [5.74, 6) is 6.37. The van der Waals surface area contributed by atoms with Gasteiger partial charge in [-0.25, -0.2) is 10.8 Å². The molecule has 0 bridgehead atoms. The normalized spacial score (nSPS) is 19.3. The molecule has 0 spiro atoms. The summed E-state index contributed by atoms with van der Waals surface area (Å²) >= 11 is 0. The first-order valence-electron chi connectivity index (χ1n) is 6.27. The van der Waals surface area contributed by atoms with Crippen LogP contribution in [0.15, 0.2) is 0 Å². The fraction of sp³-hybridized carbons (Fsp3) is 0.636. The fourth-order valence-corrected chi connectivity index (χ4v) is 2.43. The Morgan fingerprint density at radius 2 is 2.26 bits per heavy atom. The number of hydrogen-bond donors (Lipinski definition) is 2. The van der Waals surface area contributed by atoms with Gasteiger partial charge in [-0.15, -0.1) is 0 Å². The van der Waals surface area contributed by atoms with E-state index in [9.17, 15) is 10.1 Å². The number of nitrogens with zero attached hydrogens (tertiary/aromatic N) is 4. The molecule has 104 valence electrons. The van der Waals surface area contributed by atoms with E-state index in [2.05, 4.69) is 22.3 Å². The maximum Gasteiger partial charge on any atom is 0.332 e. The third-order valence-corrected chi connectivity index (χ3v) is 3.31. The molecule has 1 aliphatic rings. The lowest BCUT2D eigenvalue weighted by atomic mass is 10.0. The molecule has 1 saturated heterocycles. The van der Waals surface area contributed by atoms with Crippen molar-refractivity contribution in [3.05, 3.63) is 15.8 Å². The van der Waals surface area contributed by atoms with Gasteiger partial charge in [-0.3, -0.25) is 15.5 Å². The molecule has 0 aromatic carbocycles. The van der Waals surface area contributed by atoms with Crippen LogP contribution in [0.4, 0.5) is 17.5 Å². The number of hydrogen-bond acceptors (Lipinski definition) is 7. The number of piperidine rings is 1. The predicted molar refractivity (Wildman–Crippen MR) is 71.8 cm³/mol. The maximum absolute atomic E-state index is 11.2. The molecule has 1 fully saturated rings. The number of nitrogen functional groups attached to an aromatic ring is 1. The highest BCUT2D eigenvalue weighted by Crippen LogP contribution is 2.32. The number of nitro groups is 1. The largest absolute Gasteiger partial charge is 0.350 e. The van der Waals surface area contributed by atoms with Gasteiger partial charge in [-0.05, 0) is 25.7 Å². The Kier molecular flexibility index (Phi) is 3.79. The van der Waals surface area contributed by atoms with Crippen molar-refractivity contribution in [1.82, 2.24) is 9.97 Å². The summed E-state index contributed by atoms with van der Waals surface area (Å²) in [6.07, 6.45) is 2.14. The Labute approximate surface area is 111 Å². The second-order valence-electron chi connectivity index (χ2n) is 4.90. The predicted octanol–water partition coefficient (Wildman–Crippen LogP) is 1.22. The summed E-state index contributed by atoms with van der Waals surface area (Å²) in [5, 5.41) is 11.2. The highest BCUT2D eigenvalue weighted by Gasteiger charge is 2.28. The number of rotatable bonds is 3. The number of aryl methyl sites for hydroxylation is 1. The van der Waals surface area contributed by atoms with Gasteiger partial charge in [-0.2, -0.15) is 4.98 Å². The Morgan fingerprint density at radius 1 is 1.53 bits per heavy atom. The van der Waals surface area contributed by atoms with Crippen molar-refractivity contribution in [1.29, 1.82) is 0 Å². The minimum atomic E-state index is -0.426. The first-order valence-corrected chi connectivity index (χ1v) is 6.27. The van der Waals surface area contributed by atoms with Crippen molar-refractivity contribution in [3.8, 4) is 0 Å². The second kappa shape index (κ2) is 5.35. The Morgan fingerprint density at radius 3 is 2.84 bits per heavy atom. The van der Waals surface area contributed by atoms with E-state index in [1.165, 1.54) is 0 Å². The topological polar surface area (TPSA) is 110 Å². The van der Waals surface area contributed by atoms with Crippen LogP contribution in [0, 0.1) is 23.0 Å². The van der Waals surface area contributed by atoms with Gasteiger partial charge in [0.1, 0.15) is 5.69 Å². The van der Waals surface area contributed by atoms with Gasteiger partial charge in [0.25, 0.3) is 0 Å². The third kappa shape index (κ3) is 2.73. The van der Waals surface area contributed by atoms with Crippen LogP contribution >= 0.6 is 0 Å². The number of aromatic nitrogens is 2. The standard InChI is InChI=1S/C11H18N6O2/c1-7-4-3-5-16(6-7)10-9(17(18)19)8(2)13-11(14-10)15-12/h7H,3-6,12H2,1-2H3,(H,13,14,15). The molecule has 2 heterocycles. The molecule has 0 saturated carbocycles. The number of nitrogens with one attached hydrogen (secondary N) is 1. The summed E-state index contributed by atoms with van der Waals surface area (Å²) in [6, 6.07) is 0. The zero-order chi connectivity index (χ0) is 14.0. The fourth-order valence-electron chi connectivity index (χ4n) is 2.43. The van der Waals surface area contributed by atoms with Gasteiger partial charge in [0, 0.05) is 13.1 Å². The van der Waals surface area contributed by atoms with E-state index in [0.29, 0.717) is 17.4 Å². The number of anilines is 2. The quantitative estimate of drug-likeness (QED) is 0.480. The molecule has 1 aromatic rings. The molecule has 8 nitrogen and oxygen atoms in total. The van der Waals surface area contributed by atoms with E-state index in [1.54, 1.807) is 6.92 Å². The molecule has 1 aliphatic heterocycles.